The van der Waals surface area contributed by atoms with Crippen molar-refractivity contribution < 1.29 is 9.59 Å². The second-order valence-corrected chi connectivity index (χ2v) is 9.29. The zero-order valence-corrected chi connectivity index (χ0v) is 19.3. The standard InChI is InChI=1S/C25H27N7O2/c1-16(19-11-17-5-9-27-22(17)29-13-19)30-21-4-3-18(12-28-21)23(33)32-10-6-20(14-32)31(2)24(34)25(15-26)7-8-25/h3-5,9,11-13,16,20H,6-8,10,14H2,1-2H3,(H,27,29)(H,28,30)/t16-,20-/m0/s1. The number of fused-ring (bicyclic) bond motifs is 1. The molecular formula is C25H27N7O2. The summed E-state index contributed by atoms with van der Waals surface area (Å²) in [6.07, 6.45) is 7.25. The number of H-pyrrole nitrogens is 1. The molecule has 9 nitrogen and oxygen atoms in total. The maximum Gasteiger partial charge on any atom is 0.255 e. The number of pyridine rings is 2. The third-order valence-electron chi connectivity index (χ3n) is 6.99. The van der Waals surface area contributed by atoms with Crippen molar-refractivity contribution in [2.24, 2.45) is 5.41 Å². The molecule has 1 aliphatic heterocycles. The predicted octanol–water partition coefficient (Wildman–Crippen LogP) is 3.11. The van der Waals surface area contributed by atoms with Crippen LogP contribution in [0.4, 0.5) is 5.82 Å². The van der Waals surface area contributed by atoms with Gasteiger partial charge in [-0.2, -0.15) is 5.26 Å². The van der Waals surface area contributed by atoms with E-state index >= 15 is 0 Å². The van der Waals surface area contributed by atoms with Crippen molar-refractivity contribution in [1.82, 2.24) is 24.8 Å². The fraction of sp³-hybridized carbons (Fsp3) is 0.400. The number of aromatic amines is 1. The molecule has 3 aromatic heterocycles. The molecule has 34 heavy (non-hydrogen) atoms. The minimum Gasteiger partial charge on any atom is -0.363 e. The molecule has 1 saturated heterocycles. The van der Waals surface area contributed by atoms with Crippen LogP contribution < -0.4 is 5.32 Å². The second kappa shape index (κ2) is 8.45. The smallest absolute Gasteiger partial charge is 0.255 e. The molecule has 0 spiro atoms. The molecule has 174 valence electrons. The SMILES string of the molecule is C[C@H](Nc1ccc(C(=O)N2CC[C@H](N(C)C(=O)C3(C#N)CC3)C2)cn1)c1cnc2[nH]ccc2c1. The van der Waals surface area contributed by atoms with E-state index in [2.05, 4.69) is 32.4 Å². The largest absolute Gasteiger partial charge is 0.363 e. The maximum atomic E-state index is 13.0. The van der Waals surface area contributed by atoms with E-state index < -0.39 is 5.41 Å². The Kier molecular flexibility index (Phi) is 5.44. The zero-order valence-electron chi connectivity index (χ0n) is 19.3. The Balaban J connectivity index is 1.19. The highest BCUT2D eigenvalue weighted by molar-refractivity contribution is 5.94. The highest BCUT2D eigenvalue weighted by Gasteiger charge is 2.53. The molecule has 0 bridgehead atoms. The monoisotopic (exact) mass is 457 g/mol. The van der Waals surface area contributed by atoms with Crippen molar-refractivity contribution in [2.45, 2.75) is 38.3 Å². The summed E-state index contributed by atoms with van der Waals surface area (Å²) >= 11 is 0. The fourth-order valence-electron chi connectivity index (χ4n) is 4.53. The summed E-state index contributed by atoms with van der Waals surface area (Å²) in [4.78, 5) is 41.0. The van der Waals surface area contributed by atoms with E-state index in [1.54, 1.807) is 35.2 Å². The number of likely N-dealkylation sites (tertiary alicyclic amines) is 1. The summed E-state index contributed by atoms with van der Waals surface area (Å²) in [6, 6.07) is 9.74. The van der Waals surface area contributed by atoms with E-state index in [-0.39, 0.29) is 23.9 Å². The molecule has 1 saturated carbocycles. The maximum absolute atomic E-state index is 13.0. The van der Waals surface area contributed by atoms with E-state index in [1.807, 2.05) is 25.4 Å². The Labute approximate surface area is 197 Å². The molecule has 2 amide bonds. The van der Waals surface area contributed by atoms with Gasteiger partial charge < -0.3 is 20.1 Å². The molecule has 9 heteroatoms. The highest BCUT2D eigenvalue weighted by Crippen LogP contribution is 2.46. The van der Waals surface area contributed by atoms with Gasteiger partial charge in [0.15, 0.2) is 0 Å². The quantitative estimate of drug-likeness (QED) is 0.587. The van der Waals surface area contributed by atoms with Gasteiger partial charge in [0, 0.05) is 44.1 Å². The molecule has 0 radical (unpaired) electrons. The van der Waals surface area contributed by atoms with Crippen molar-refractivity contribution in [3.8, 4) is 6.07 Å². The van der Waals surface area contributed by atoms with Gasteiger partial charge in [0.1, 0.15) is 16.9 Å². The normalized spacial score (nSPS) is 19.4. The van der Waals surface area contributed by atoms with Crippen molar-refractivity contribution in [3.05, 3.63) is 54.0 Å². The predicted molar refractivity (Wildman–Crippen MR) is 127 cm³/mol. The Morgan fingerprint density at radius 1 is 1.29 bits per heavy atom. The first-order valence-corrected chi connectivity index (χ1v) is 11.5. The number of nitrogens with one attached hydrogen (secondary N) is 2. The zero-order chi connectivity index (χ0) is 23.9. The lowest BCUT2D eigenvalue weighted by Gasteiger charge is -2.26. The molecule has 2 fully saturated rings. The van der Waals surface area contributed by atoms with Gasteiger partial charge in [-0.3, -0.25) is 9.59 Å². The van der Waals surface area contributed by atoms with Gasteiger partial charge in [-0.1, -0.05) is 0 Å². The average Bonchev–Trinajstić information content (AvgIpc) is 3.27. The molecule has 0 aromatic carbocycles. The van der Waals surface area contributed by atoms with Crippen LogP contribution in [0.3, 0.4) is 0 Å². The van der Waals surface area contributed by atoms with Gasteiger partial charge in [-0.15, -0.1) is 0 Å². The van der Waals surface area contributed by atoms with Gasteiger partial charge in [-0.05, 0) is 56.0 Å². The summed E-state index contributed by atoms with van der Waals surface area (Å²) < 4.78 is 0. The number of hydrogen-bond donors (Lipinski definition) is 2. The van der Waals surface area contributed by atoms with Crippen LogP contribution in [-0.2, 0) is 4.79 Å². The number of amides is 2. The van der Waals surface area contributed by atoms with Crippen molar-refractivity contribution in [3.63, 3.8) is 0 Å². The van der Waals surface area contributed by atoms with E-state index in [0.717, 1.165) is 16.6 Å². The lowest BCUT2D eigenvalue weighted by molar-refractivity contribution is -0.135. The summed E-state index contributed by atoms with van der Waals surface area (Å²) in [7, 11) is 1.74. The molecule has 2 atom stereocenters. The van der Waals surface area contributed by atoms with Gasteiger partial charge in [0.05, 0.1) is 23.7 Å². The summed E-state index contributed by atoms with van der Waals surface area (Å²) in [5, 5.41) is 13.7. The number of nitriles is 1. The summed E-state index contributed by atoms with van der Waals surface area (Å²) in [5.41, 5.74) is 1.58. The lowest BCUT2D eigenvalue weighted by atomic mass is 10.1. The van der Waals surface area contributed by atoms with Crippen LogP contribution in [0.1, 0.15) is 48.1 Å². The summed E-state index contributed by atoms with van der Waals surface area (Å²) in [5.74, 6) is 0.458. The number of carbonyl (C=O) groups excluding carboxylic acids is 2. The van der Waals surface area contributed by atoms with Crippen LogP contribution in [-0.4, -0.2) is 62.7 Å². The lowest BCUT2D eigenvalue weighted by Crippen LogP contribution is -2.43. The minimum atomic E-state index is -0.834. The molecule has 0 unspecified atom stereocenters. The first-order chi connectivity index (χ1) is 16.4. The third kappa shape index (κ3) is 3.96. The Hall–Kier alpha value is -3.93. The van der Waals surface area contributed by atoms with Gasteiger partial charge >= 0.3 is 0 Å². The first-order valence-electron chi connectivity index (χ1n) is 11.5. The first kappa shape index (κ1) is 21.9. The number of carbonyl (C=O) groups is 2. The van der Waals surface area contributed by atoms with Gasteiger partial charge in [0.2, 0.25) is 5.91 Å². The topological polar surface area (TPSA) is 118 Å². The van der Waals surface area contributed by atoms with Crippen LogP contribution in [0, 0.1) is 16.7 Å². The highest BCUT2D eigenvalue weighted by atomic mass is 16.2. The van der Waals surface area contributed by atoms with E-state index in [1.165, 1.54) is 0 Å². The van der Waals surface area contributed by atoms with Gasteiger partial charge in [0.25, 0.3) is 5.91 Å². The van der Waals surface area contributed by atoms with E-state index in [4.69, 9.17) is 0 Å². The van der Waals surface area contributed by atoms with Gasteiger partial charge in [-0.25, -0.2) is 9.97 Å². The average molecular weight is 458 g/mol. The summed E-state index contributed by atoms with van der Waals surface area (Å²) in [6.45, 7) is 3.08. The molecule has 2 N–H and O–H groups in total. The fourth-order valence-corrected chi connectivity index (χ4v) is 4.53. The molecule has 1 aliphatic carbocycles. The third-order valence-corrected chi connectivity index (χ3v) is 6.99. The van der Waals surface area contributed by atoms with Crippen molar-refractivity contribution in [1.29, 1.82) is 5.26 Å². The minimum absolute atomic E-state index is 0.00330. The Bertz CT molecular complexity index is 1270. The Morgan fingerprint density at radius 3 is 2.82 bits per heavy atom. The number of rotatable bonds is 6. The molecule has 2 aliphatic rings. The van der Waals surface area contributed by atoms with Crippen molar-refractivity contribution >= 4 is 28.7 Å². The molecule has 5 rings (SSSR count). The number of anilines is 1. The van der Waals surface area contributed by atoms with Crippen LogP contribution in [0.15, 0.2) is 42.9 Å². The number of nitrogens with zero attached hydrogens (tertiary/aromatic N) is 5. The van der Waals surface area contributed by atoms with Crippen LogP contribution in [0.2, 0.25) is 0 Å². The number of likely N-dealkylation sites (N-methyl/N-ethyl adjacent to an activating group) is 1. The Morgan fingerprint density at radius 2 is 2.12 bits per heavy atom. The number of hydrogen-bond acceptors (Lipinski definition) is 6. The number of aromatic nitrogens is 3. The van der Waals surface area contributed by atoms with E-state index in [9.17, 15) is 14.9 Å². The van der Waals surface area contributed by atoms with Crippen LogP contribution >= 0.6 is 0 Å². The second-order valence-electron chi connectivity index (χ2n) is 9.29. The van der Waals surface area contributed by atoms with Crippen LogP contribution in [0.25, 0.3) is 11.0 Å². The van der Waals surface area contributed by atoms with E-state index in [0.29, 0.717) is 43.7 Å². The van der Waals surface area contributed by atoms with Crippen molar-refractivity contribution in [2.75, 3.05) is 25.5 Å². The van der Waals surface area contributed by atoms with Crippen LogP contribution in [0.5, 0.6) is 0 Å². The molecule has 3 aromatic rings. The molecule has 4 heterocycles. The molecular weight excluding hydrogens is 430 g/mol.